The second kappa shape index (κ2) is 9.18. The van der Waals surface area contributed by atoms with Crippen molar-refractivity contribution < 1.29 is 14.3 Å². The van der Waals surface area contributed by atoms with Gasteiger partial charge in [0.15, 0.2) is 5.78 Å². The molecule has 1 amide bonds. The molecule has 0 saturated heterocycles. The van der Waals surface area contributed by atoms with Crippen molar-refractivity contribution in [2.24, 2.45) is 0 Å². The fourth-order valence-electron chi connectivity index (χ4n) is 2.69. The Kier molecular flexibility index (Phi) is 6.96. The van der Waals surface area contributed by atoms with Gasteiger partial charge in [0.2, 0.25) is 5.91 Å². The summed E-state index contributed by atoms with van der Waals surface area (Å²) in [6.45, 7) is 8.85. The highest BCUT2D eigenvalue weighted by molar-refractivity contribution is 5.98. The molecule has 4 heteroatoms. The van der Waals surface area contributed by atoms with E-state index in [1.54, 1.807) is 0 Å². The zero-order chi connectivity index (χ0) is 19.1. The number of aryl methyl sites for hydroxylation is 4. The van der Waals surface area contributed by atoms with Crippen LogP contribution in [-0.4, -0.2) is 24.8 Å². The molecule has 4 nitrogen and oxygen atoms in total. The van der Waals surface area contributed by atoms with Crippen LogP contribution in [0.25, 0.3) is 0 Å². The highest BCUT2D eigenvalue weighted by Crippen LogP contribution is 2.18. The van der Waals surface area contributed by atoms with E-state index in [4.69, 9.17) is 4.74 Å². The molecule has 0 spiro atoms. The van der Waals surface area contributed by atoms with E-state index >= 15 is 0 Å². The van der Waals surface area contributed by atoms with Crippen LogP contribution in [-0.2, 0) is 4.79 Å². The van der Waals surface area contributed by atoms with E-state index in [0.29, 0.717) is 18.7 Å². The number of hydrogen-bond acceptors (Lipinski definition) is 3. The summed E-state index contributed by atoms with van der Waals surface area (Å²) in [6, 6.07) is 11.6. The van der Waals surface area contributed by atoms with Crippen molar-refractivity contribution in [3.63, 3.8) is 0 Å². The molecule has 2 aromatic carbocycles. The molecule has 0 aliphatic carbocycles. The molecule has 2 rings (SSSR count). The van der Waals surface area contributed by atoms with Crippen LogP contribution in [0.15, 0.2) is 36.4 Å². The molecule has 26 heavy (non-hydrogen) atoms. The first kappa shape index (κ1) is 19.7. The fourth-order valence-corrected chi connectivity index (χ4v) is 2.69. The van der Waals surface area contributed by atoms with Crippen LogP contribution in [0.4, 0.5) is 0 Å². The molecule has 138 valence electrons. The molecular weight excluding hydrogens is 326 g/mol. The molecule has 0 radical (unpaired) electrons. The lowest BCUT2D eigenvalue weighted by Crippen LogP contribution is -2.28. The minimum Gasteiger partial charge on any atom is -0.491 e. The Morgan fingerprint density at radius 1 is 0.885 bits per heavy atom. The number of rotatable bonds is 8. The highest BCUT2D eigenvalue weighted by atomic mass is 16.5. The first-order valence-electron chi connectivity index (χ1n) is 8.94. The zero-order valence-corrected chi connectivity index (χ0v) is 16.0. The van der Waals surface area contributed by atoms with Gasteiger partial charge in [-0.3, -0.25) is 9.59 Å². The lowest BCUT2D eigenvalue weighted by molar-refractivity contribution is -0.121. The number of benzene rings is 2. The van der Waals surface area contributed by atoms with Crippen LogP contribution < -0.4 is 10.1 Å². The van der Waals surface area contributed by atoms with E-state index in [2.05, 4.69) is 11.4 Å². The number of hydrogen-bond donors (Lipinski definition) is 1. The second-order valence-corrected chi connectivity index (χ2v) is 6.69. The summed E-state index contributed by atoms with van der Waals surface area (Å²) < 4.78 is 5.68. The van der Waals surface area contributed by atoms with Crippen LogP contribution in [0, 0.1) is 27.7 Å². The SMILES string of the molecule is Cc1ccc(OCCNC(=O)CCC(=O)c2ccc(C)c(C)c2)c(C)c1. The molecular formula is C22H27NO3. The standard InChI is InChI=1S/C22H27NO3/c1-15-5-9-21(18(4)13-15)26-12-11-23-22(25)10-8-20(24)19-7-6-16(2)17(3)14-19/h5-7,9,13-14H,8,10-12H2,1-4H3,(H,23,25). The smallest absolute Gasteiger partial charge is 0.220 e. The lowest BCUT2D eigenvalue weighted by atomic mass is 10.0. The normalized spacial score (nSPS) is 10.5. The van der Waals surface area contributed by atoms with Crippen molar-refractivity contribution in [2.75, 3.05) is 13.2 Å². The molecule has 0 aromatic heterocycles. The molecule has 0 saturated carbocycles. The summed E-state index contributed by atoms with van der Waals surface area (Å²) in [4.78, 5) is 24.1. The van der Waals surface area contributed by atoms with Crippen LogP contribution in [0.5, 0.6) is 5.75 Å². The van der Waals surface area contributed by atoms with Crippen molar-refractivity contribution in [1.82, 2.24) is 5.32 Å². The van der Waals surface area contributed by atoms with E-state index in [-0.39, 0.29) is 24.5 Å². The summed E-state index contributed by atoms with van der Waals surface area (Å²) in [5, 5.41) is 2.79. The Balaban J connectivity index is 1.70. The van der Waals surface area contributed by atoms with Gasteiger partial charge in [0, 0.05) is 18.4 Å². The zero-order valence-electron chi connectivity index (χ0n) is 16.0. The minimum atomic E-state index is -0.133. The van der Waals surface area contributed by atoms with E-state index in [1.165, 1.54) is 5.56 Å². The molecule has 0 unspecified atom stereocenters. The molecule has 0 atom stereocenters. The van der Waals surface area contributed by atoms with E-state index in [9.17, 15) is 9.59 Å². The number of Topliss-reactive ketones (excluding diaryl/α,β-unsaturated/α-hetero) is 1. The van der Waals surface area contributed by atoms with Gasteiger partial charge in [-0.15, -0.1) is 0 Å². The maximum atomic E-state index is 12.2. The maximum Gasteiger partial charge on any atom is 0.220 e. The third-order valence-corrected chi connectivity index (χ3v) is 4.42. The third-order valence-electron chi connectivity index (χ3n) is 4.42. The molecule has 0 aliphatic heterocycles. The Hall–Kier alpha value is -2.62. The third kappa shape index (κ3) is 5.73. The van der Waals surface area contributed by atoms with Gasteiger partial charge in [-0.2, -0.15) is 0 Å². The molecule has 0 aliphatic rings. The molecule has 2 aromatic rings. The Bertz CT molecular complexity index is 796. The van der Waals surface area contributed by atoms with Crippen molar-refractivity contribution in [1.29, 1.82) is 0 Å². The van der Waals surface area contributed by atoms with Gasteiger partial charge >= 0.3 is 0 Å². The van der Waals surface area contributed by atoms with Crippen molar-refractivity contribution in [3.8, 4) is 5.75 Å². The predicted octanol–water partition coefficient (Wildman–Crippen LogP) is 4.08. The topological polar surface area (TPSA) is 55.4 Å². The van der Waals surface area contributed by atoms with Crippen LogP contribution in [0.3, 0.4) is 0 Å². The monoisotopic (exact) mass is 353 g/mol. The Labute approximate surface area is 155 Å². The van der Waals surface area contributed by atoms with Gasteiger partial charge in [0.1, 0.15) is 12.4 Å². The van der Waals surface area contributed by atoms with E-state index in [0.717, 1.165) is 22.4 Å². The molecule has 0 fully saturated rings. The van der Waals surface area contributed by atoms with Crippen molar-refractivity contribution in [3.05, 3.63) is 64.2 Å². The first-order chi connectivity index (χ1) is 12.4. The minimum absolute atomic E-state index is 0.00483. The van der Waals surface area contributed by atoms with Crippen molar-refractivity contribution >= 4 is 11.7 Å². The van der Waals surface area contributed by atoms with Crippen LogP contribution >= 0.6 is 0 Å². The largest absolute Gasteiger partial charge is 0.491 e. The number of ether oxygens (including phenoxy) is 1. The fraction of sp³-hybridized carbons (Fsp3) is 0.364. The molecule has 1 N–H and O–H groups in total. The number of carbonyl (C=O) groups excluding carboxylic acids is 2. The lowest BCUT2D eigenvalue weighted by Gasteiger charge is -2.10. The Morgan fingerprint density at radius 3 is 2.35 bits per heavy atom. The Morgan fingerprint density at radius 2 is 1.65 bits per heavy atom. The number of carbonyl (C=O) groups is 2. The summed E-state index contributed by atoms with van der Waals surface area (Å²) in [5.74, 6) is 0.691. The average Bonchev–Trinajstić information content (AvgIpc) is 2.60. The van der Waals surface area contributed by atoms with Gasteiger partial charge in [0.05, 0.1) is 6.54 Å². The average molecular weight is 353 g/mol. The summed E-state index contributed by atoms with van der Waals surface area (Å²) in [5.41, 5.74) is 5.18. The van der Waals surface area contributed by atoms with Gasteiger partial charge < -0.3 is 10.1 Å². The number of amides is 1. The van der Waals surface area contributed by atoms with Gasteiger partial charge in [-0.1, -0.05) is 29.8 Å². The molecule has 0 heterocycles. The second-order valence-electron chi connectivity index (χ2n) is 6.69. The quantitative estimate of drug-likeness (QED) is 0.575. The highest BCUT2D eigenvalue weighted by Gasteiger charge is 2.10. The predicted molar refractivity (Wildman–Crippen MR) is 104 cm³/mol. The number of ketones is 1. The van der Waals surface area contributed by atoms with Crippen molar-refractivity contribution in [2.45, 2.75) is 40.5 Å². The summed E-state index contributed by atoms with van der Waals surface area (Å²) in [6.07, 6.45) is 0.404. The van der Waals surface area contributed by atoms with Crippen LogP contribution in [0.2, 0.25) is 0 Å². The molecule has 0 bridgehead atoms. The number of nitrogens with one attached hydrogen (secondary N) is 1. The van der Waals surface area contributed by atoms with Crippen LogP contribution in [0.1, 0.15) is 45.5 Å². The summed E-state index contributed by atoms with van der Waals surface area (Å²) >= 11 is 0. The first-order valence-corrected chi connectivity index (χ1v) is 8.94. The van der Waals surface area contributed by atoms with E-state index in [1.807, 2.05) is 58.0 Å². The van der Waals surface area contributed by atoms with Gasteiger partial charge in [-0.05, 0) is 56.5 Å². The maximum absolute atomic E-state index is 12.2. The van der Waals surface area contributed by atoms with Gasteiger partial charge in [0.25, 0.3) is 0 Å². The van der Waals surface area contributed by atoms with E-state index < -0.39 is 0 Å². The summed E-state index contributed by atoms with van der Waals surface area (Å²) in [7, 11) is 0. The van der Waals surface area contributed by atoms with Gasteiger partial charge in [-0.25, -0.2) is 0 Å².